The van der Waals surface area contributed by atoms with Crippen molar-refractivity contribution in [3.8, 4) is 0 Å². The third-order valence-corrected chi connectivity index (χ3v) is 4.46. The zero-order valence-corrected chi connectivity index (χ0v) is 16.0. The maximum absolute atomic E-state index is 13.1. The first-order valence-corrected chi connectivity index (χ1v) is 9.28. The summed E-state index contributed by atoms with van der Waals surface area (Å²) in [6, 6.07) is 8.89. The number of nitrogens with zero attached hydrogens (tertiary/aromatic N) is 1. The molecule has 0 unspecified atom stereocenters. The molecule has 8 heteroatoms. The van der Waals surface area contributed by atoms with Crippen LogP contribution in [0.4, 0.5) is 4.39 Å². The van der Waals surface area contributed by atoms with Crippen molar-refractivity contribution in [1.29, 1.82) is 0 Å². The first kappa shape index (κ1) is 19.8. The highest BCUT2D eigenvalue weighted by molar-refractivity contribution is 6.30. The second-order valence-electron chi connectivity index (χ2n) is 6.44. The minimum Gasteiger partial charge on any atom is -0.356 e. The highest BCUT2D eigenvalue weighted by Gasteiger charge is 2.19. The van der Waals surface area contributed by atoms with E-state index in [2.05, 4.69) is 20.6 Å². The van der Waals surface area contributed by atoms with E-state index in [1.54, 1.807) is 30.5 Å². The van der Waals surface area contributed by atoms with Crippen molar-refractivity contribution < 1.29 is 14.0 Å². The third-order valence-electron chi connectivity index (χ3n) is 4.25. The van der Waals surface area contributed by atoms with E-state index in [0.717, 1.165) is 10.9 Å². The third kappa shape index (κ3) is 5.07. The van der Waals surface area contributed by atoms with Gasteiger partial charge in [-0.05, 0) is 43.2 Å². The maximum atomic E-state index is 13.1. The Morgan fingerprint density at radius 3 is 2.71 bits per heavy atom. The molecule has 28 heavy (non-hydrogen) atoms. The van der Waals surface area contributed by atoms with Crippen molar-refractivity contribution in [2.75, 3.05) is 6.54 Å². The molecule has 3 rings (SSSR count). The summed E-state index contributed by atoms with van der Waals surface area (Å²) >= 11 is 5.88. The Labute approximate surface area is 166 Å². The van der Waals surface area contributed by atoms with Crippen LogP contribution < -0.4 is 10.6 Å². The molecule has 0 aliphatic heterocycles. The van der Waals surface area contributed by atoms with Crippen LogP contribution in [0.1, 0.15) is 29.4 Å². The second-order valence-corrected chi connectivity index (χ2v) is 6.82. The number of hydrogen-bond acceptors (Lipinski definition) is 3. The molecule has 6 nitrogen and oxygen atoms in total. The summed E-state index contributed by atoms with van der Waals surface area (Å²) in [7, 11) is 0. The number of aromatic amines is 1. The van der Waals surface area contributed by atoms with Gasteiger partial charge in [0.1, 0.15) is 16.7 Å². The van der Waals surface area contributed by atoms with Gasteiger partial charge in [-0.25, -0.2) is 9.37 Å². The molecule has 0 fully saturated rings. The quantitative estimate of drug-likeness (QED) is 0.530. The molecule has 2 amide bonds. The van der Waals surface area contributed by atoms with Crippen molar-refractivity contribution >= 4 is 34.3 Å². The van der Waals surface area contributed by atoms with Gasteiger partial charge < -0.3 is 15.6 Å². The van der Waals surface area contributed by atoms with Crippen molar-refractivity contribution in [2.24, 2.45) is 0 Å². The summed E-state index contributed by atoms with van der Waals surface area (Å²) in [6.45, 7) is 2.33. The Balaban J connectivity index is 1.76. The van der Waals surface area contributed by atoms with Gasteiger partial charge in [0.2, 0.25) is 5.91 Å². The molecule has 1 atom stereocenters. The predicted octanol–water partition coefficient (Wildman–Crippen LogP) is 3.22. The summed E-state index contributed by atoms with van der Waals surface area (Å²) in [5.41, 5.74) is 1.86. The van der Waals surface area contributed by atoms with Crippen LogP contribution in [0.5, 0.6) is 0 Å². The monoisotopic (exact) mass is 402 g/mol. The fourth-order valence-electron chi connectivity index (χ4n) is 2.96. The highest BCUT2D eigenvalue weighted by Crippen LogP contribution is 2.18. The van der Waals surface area contributed by atoms with Crippen LogP contribution in [0.25, 0.3) is 10.9 Å². The summed E-state index contributed by atoms with van der Waals surface area (Å²) in [6.07, 6.45) is 2.07. The molecule has 0 aliphatic carbocycles. The minimum atomic E-state index is -0.447. The average molecular weight is 403 g/mol. The van der Waals surface area contributed by atoms with Crippen LogP contribution >= 0.6 is 11.6 Å². The van der Waals surface area contributed by atoms with Gasteiger partial charge in [-0.15, -0.1) is 0 Å². The van der Waals surface area contributed by atoms with Crippen LogP contribution in [0, 0.1) is 5.82 Å². The standard InChI is InChI=1S/C20H20ClFN4O2/c1-2-23-19(27)10-15(7-12-3-5-14(22)6-4-12)25-20(28)16-8-13-9-18(21)24-11-17(13)26-16/h3-6,8-9,11,15,26H,2,7,10H2,1H3,(H,23,27)(H,25,28)/t15-/m0/s1. The molecule has 0 saturated carbocycles. The van der Waals surface area contributed by atoms with E-state index in [1.165, 1.54) is 12.1 Å². The number of carbonyl (C=O) groups is 2. The number of aromatic nitrogens is 2. The van der Waals surface area contributed by atoms with Crippen molar-refractivity contribution in [2.45, 2.75) is 25.8 Å². The summed E-state index contributed by atoms with van der Waals surface area (Å²) in [4.78, 5) is 31.7. The van der Waals surface area contributed by atoms with Crippen LogP contribution in [0.2, 0.25) is 5.15 Å². The highest BCUT2D eigenvalue weighted by atomic mass is 35.5. The Morgan fingerprint density at radius 1 is 1.25 bits per heavy atom. The number of hydrogen-bond donors (Lipinski definition) is 3. The number of pyridine rings is 1. The van der Waals surface area contributed by atoms with E-state index < -0.39 is 6.04 Å². The van der Waals surface area contributed by atoms with Crippen molar-refractivity contribution in [3.63, 3.8) is 0 Å². The predicted molar refractivity (Wildman–Crippen MR) is 106 cm³/mol. The van der Waals surface area contributed by atoms with E-state index in [0.29, 0.717) is 29.3 Å². The topological polar surface area (TPSA) is 86.9 Å². The molecule has 146 valence electrons. The summed E-state index contributed by atoms with van der Waals surface area (Å²) in [5.74, 6) is -0.843. The van der Waals surface area contributed by atoms with Crippen LogP contribution in [0.15, 0.2) is 42.6 Å². The second kappa shape index (κ2) is 8.84. The Kier molecular flexibility index (Phi) is 6.26. The molecule has 2 heterocycles. The number of H-pyrrole nitrogens is 1. The summed E-state index contributed by atoms with van der Waals surface area (Å²) < 4.78 is 13.1. The lowest BCUT2D eigenvalue weighted by Gasteiger charge is -2.18. The van der Waals surface area contributed by atoms with Gasteiger partial charge in [0.25, 0.3) is 5.91 Å². The van der Waals surface area contributed by atoms with E-state index >= 15 is 0 Å². The van der Waals surface area contributed by atoms with Gasteiger partial charge in [0, 0.05) is 24.4 Å². The molecule has 0 radical (unpaired) electrons. The lowest BCUT2D eigenvalue weighted by Crippen LogP contribution is -2.40. The van der Waals surface area contributed by atoms with Gasteiger partial charge in [-0.3, -0.25) is 9.59 Å². The van der Waals surface area contributed by atoms with Crippen LogP contribution in [0.3, 0.4) is 0 Å². The molecule has 1 aromatic carbocycles. The largest absolute Gasteiger partial charge is 0.356 e. The van der Waals surface area contributed by atoms with Gasteiger partial charge in [0.05, 0.1) is 11.7 Å². The van der Waals surface area contributed by atoms with Crippen LogP contribution in [-0.2, 0) is 11.2 Å². The summed E-state index contributed by atoms with van der Waals surface area (Å²) in [5, 5.41) is 6.72. The fourth-order valence-corrected chi connectivity index (χ4v) is 3.13. The molecule has 0 aliphatic rings. The molecule has 0 spiro atoms. The van der Waals surface area contributed by atoms with Gasteiger partial charge in [-0.1, -0.05) is 23.7 Å². The first-order chi connectivity index (χ1) is 13.4. The smallest absolute Gasteiger partial charge is 0.267 e. The van der Waals surface area contributed by atoms with Gasteiger partial charge in [0.15, 0.2) is 0 Å². The normalized spacial score (nSPS) is 12.0. The first-order valence-electron chi connectivity index (χ1n) is 8.91. The number of benzene rings is 1. The van der Waals surface area contributed by atoms with Crippen molar-refractivity contribution in [1.82, 2.24) is 20.6 Å². The van der Waals surface area contributed by atoms with Crippen LogP contribution in [-0.4, -0.2) is 34.4 Å². The van der Waals surface area contributed by atoms with E-state index in [9.17, 15) is 14.0 Å². The van der Waals surface area contributed by atoms with Gasteiger partial charge >= 0.3 is 0 Å². The number of halogens is 2. The zero-order chi connectivity index (χ0) is 20.1. The molecule has 3 aromatic rings. The van der Waals surface area contributed by atoms with E-state index in [4.69, 9.17) is 11.6 Å². The number of rotatable bonds is 7. The lowest BCUT2D eigenvalue weighted by atomic mass is 10.0. The Hall–Kier alpha value is -2.93. The number of carbonyl (C=O) groups excluding carboxylic acids is 2. The maximum Gasteiger partial charge on any atom is 0.267 e. The molecular formula is C20H20ClFN4O2. The minimum absolute atomic E-state index is 0.116. The zero-order valence-electron chi connectivity index (χ0n) is 15.3. The average Bonchev–Trinajstić information content (AvgIpc) is 3.07. The lowest BCUT2D eigenvalue weighted by molar-refractivity contribution is -0.121. The molecular weight excluding hydrogens is 383 g/mol. The number of amides is 2. The fraction of sp³-hybridized carbons (Fsp3) is 0.250. The molecule has 3 N–H and O–H groups in total. The Morgan fingerprint density at radius 2 is 2.00 bits per heavy atom. The molecule has 0 saturated heterocycles. The SMILES string of the molecule is CCNC(=O)C[C@H](Cc1ccc(F)cc1)NC(=O)c1cc2cc(Cl)ncc2[nH]1. The van der Waals surface area contributed by atoms with Gasteiger partial charge in [-0.2, -0.15) is 0 Å². The Bertz CT molecular complexity index is 988. The molecule has 2 aromatic heterocycles. The van der Waals surface area contributed by atoms with E-state index in [1.807, 2.05) is 6.92 Å². The van der Waals surface area contributed by atoms with E-state index in [-0.39, 0.29) is 24.1 Å². The number of nitrogens with one attached hydrogen (secondary N) is 3. The van der Waals surface area contributed by atoms with Crippen molar-refractivity contribution in [3.05, 3.63) is 64.8 Å². The number of fused-ring (bicyclic) bond motifs is 1. The molecule has 0 bridgehead atoms.